The lowest BCUT2D eigenvalue weighted by Gasteiger charge is -2.32. The second-order valence-corrected chi connectivity index (χ2v) is 6.25. The van der Waals surface area contributed by atoms with Crippen LogP contribution in [-0.2, 0) is 9.53 Å². The Balaban J connectivity index is 1.47. The number of nitrogens with zero attached hydrogens (tertiary/aromatic N) is 1. The molecule has 0 spiro atoms. The fraction of sp³-hybridized carbons (Fsp3) is 0.316. The lowest BCUT2D eigenvalue weighted by molar-refractivity contribution is -0.142. The van der Waals surface area contributed by atoms with E-state index in [2.05, 4.69) is 0 Å². The van der Waals surface area contributed by atoms with E-state index in [0.717, 1.165) is 0 Å². The van der Waals surface area contributed by atoms with E-state index in [4.69, 9.17) is 25.8 Å². The number of morpholine rings is 1. The van der Waals surface area contributed by atoms with Gasteiger partial charge in [-0.1, -0.05) is 23.7 Å². The van der Waals surface area contributed by atoms with Gasteiger partial charge in [-0.15, -0.1) is 0 Å². The van der Waals surface area contributed by atoms with E-state index in [1.54, 1.807) is 47.4 Å². The molecule has 26 heavy (non-hydrogen) atoms. The number of para-hydroxylation sites is 1. The van der Waals surface area contributed by atoms with Crippen molar-refractivity contribution in [3.8, 4) is 11.5 Å². The molecule has 2 aromatic rings. The molecule has 2 aromatic carbocycles. The van der Waals surface area contributed by atoms with Gasteiger partial charge in [0.05, 0.1) is 13.2 Å². The van der Waals surface area contributed by atoms with Crippen LogP contribution in [0.4, 0.5) is 4.39 Å². The Morgan fingerprint density at radius 3 is 2.73 bits per heavy atom. The van der Waals surface area contributed by atoms with Crippen molar-refractivity contribution in [1.82, 2.24) is 4.90 Å². The van der Waals surface area contributed by atoms with Crippen LogP contribution in [0.1, 0.15) is 0 Å². The van der Waals surface area contributed by atoms with Crippen molar-refractivity contribution in [2.24, 2.45) is 0 Å². The van der Waals surface area contributed by atoms with E-state index in [9.17, 15) is 9.18 Å². The van der Waals surface area contributed by atoms with E-state index in [0.29, 0.717) is 30.5 Å². The summed E-state index contributed by atoms with van der Waals surface area (Å²) in [7, 11) is 0. The molecule has 1 heterocycles. The SMILES string of the molecule is O=C(COc1ccc(Cl)cc1)N1CCOC(COc2ccccc2F)C1. The zero-order valence-corrected chi connectivity index (χ0v) is 14.8. The Labute approximate surface area is 156 Å². The predicted molar refractivity (Wildman–Crippen MR) is 95.2 cm³/mol. The van der Waals surface area contributed by atoms with Crippen molar-refractivity contribution in [2.75, 3.05) is 32.9 Å². The van der Waals surface area contributed by atoms with Gasteiger partial charge in [0.2, 0.25) is 0 Å². The molecule has 7 heteroatoms. The average molecular weight is 380 g/mol. The molecule has 0 N–H and O–H groups in total. The molecule has 3 rings (SSSR count). The molecule has 0 aromatic heterocycles. The Kier molecular flexibility index (Phi) is 6.30. The molecule has 5 nitrogen and oxygen atoms in total. The first-order valence-corrected chi connectivity index (χ1v) is 8.64. The number of benzene rings is 2. The van der Waals surface area contributed by atoms with Crippen LogP contribution in [0.2, 0.25) is 5.02 Å². The highest BCUT2D eigenvalue weighted by atomic mass is 35.5. The number of hydrogen-bond donors (Lipinski definition) is 0. The summed E-state index contributed by atoms with van der Waals surface area (Å²) in [5, 5.41) is 0.606. The van der Waals surface area contributed by atoms with E-state index >= 15 is 0 Å². The number of halogens is 2. The lowest BCUT2D eigenvalue weighted by Crippen LogP contribution is -2.49. The van der Waals surface area contributed by atoms with E-state index in [1.807, 2.05) is 0 Å². The number of carbonyl (C=O) groups is 1. The minimum Gasteiger partial charge on any atom is -0.488 e. The van der Waals surface area contributed by atoms with E-state index in [-0.39, 0.29) is 31.0 Å². The summed E-state index contributed by atoms with van der Waals surface area (Å²) in [6.07, 6.45) is -0.317. The van der Waals surface area contributed by atoms with Crippen LogP contribution in [0, 0.1) is 5.82 Å². The summed E-state index contributed by atoms with van der Waals surface area (Å²) >= 11 is 5.82. The maximum Gasteiger partial charge on any atom is 0.260 e. The molecular formula is C19H19ClFNO4. The predicted octanol–water partition coefficient (Wildman–Crippen LogP) is 3.16. The molecule has 1 amide bonds. The largest absolute Gasteiger partial charge is 0.488 e. The second kappa shape index (κ2) is 8.87. The summed E-state index contributed by atoms with van der Waals surface area (Å²) < 4.78 is 30.1. The first kappa shape index (κ1) is 18.5. The Morgan fingerprint density at radius 1 is 1.19 bits per heavy atom. The van der Waals surface area contributed by atoms with E-state index < -0.39 is 5.82 Å². The van der Waals surface area contributed by atoms with Crippen molar-refractivity contribution < 1.29 is 23.4 Å². The first-order chi connectivity index (χ1) is 12.6. The van der Waals surface area contributed by atoms with Gasteiger partial charge in [0.25, 0.3) is 5.91 Å². The normalized spacial score (nSPS) is 17.0. The molecule has 0 aliphatic carbocycles. The molecule has 1 aliphatic rings. The van der Waals surface area contributed by atoms with Gasteiger partial charge in [-0.3, -0.25) is 4.79 Å². The molecule has 1 saturated heterocycles. The van der Waals surface area contributed by atoms with Crippen molar-refractivity contribution in [3.63, 3.8) is 0 Å². The van der Waals surface area contributed by atoms with Crippen LogP contribution in [-0.4, -0.2) is 49.8 Å². The maximum absolute atomic E-state index is 13.6. The van der Waals surface area contributed by atoms with Crippen LogP contribution < -0.4 is 9.47 Å². The third kappa shape index (κ3) is 5.09. The van der Waals surface area contributed by atoms with Crippen LogP contribution in [0.15, 0.2) is 48.5 Å². The van der Waals surface area contributed by atoms with Gasteiger partial charge in [-0.25, -0.2) is 4.39 Å². The Morgan fingerprint density at radius 2 is 1.96 bits per heavy atom. The number of amides is 1. The van der Waals surface area contributed by atoms with Gasteiger partial charge < -0.3 is 19.1 Å². The molecule has 1 aliphatic heterocycles. The number of carbonyl (C=O) groups excluding carboxylic acids is 1. The van der Waals surface area contributed by atoms with Crippen molar-refractivity contribution >= 4 is 17.5 Å². The highest BCUT2D eigenvalue weighted by Gasteiger charge is 2.25. The Hall–Kier alpha value is -2.31. The van der Waals surface area contributed by atoms with Gasteiger partial charge in [0, 0.05) is 11.6 Å². The molecule has 1 unspecified atom stereocenters. The smallest absolute Gasteiger partial charge is 0.260 e. The molecule has 0 bridgehead atoms. The van der Waals surface area contributed by atoms with Gasteiger partial charge in [-0.2, -0.15) is 0 Å². The standard InChI is InChI=1S/C19H19ClFNO4/c20-14-5-7-15(8-6-14)25-13-19(23)22-9-10-24-16(11-22)12-26-18-4-2-1-3-17(18)21/h1-8,16H,9-13H2. The molecule has 0 saturated carbocycles. The topological polar surface area (TPSA) is 48.0 Å². The molecule has 1 fully saturated rings. The van der Waals surface area contributed by atoms with Gasteiger partial charge in [0.15, 0.2) is 18.2 Å². The summed E-state index contributed by atoms with van der Waals surface area (Å²) in [6.45, 7) is 1.36. The zero-order valence-electron chi connectivity index (χ0n) is 14.1. The first-order valence-electron chi connectivity index (χ1n) is 8.27. The quantitative estimate of drug-likeness (QED) is 0.773. The molecule has 138 valence electrons. The highest BCUT2D eigenvalue weighted by molar-refractivity contribution is 6.30. The van der Waals surface area contributed by atoms with Crippen molar-refractivity contribution in [3.05, 3.63) is 59.4 Å². The highest BCUT2D eigenvalue weighted by Crippen LogP contribution is 2.18. The monoisotopic (exact) mass is 379 g/mol. The fourth-order valence-electron chi connectivity index (χ4n) is 2.56. The Bertz CT molecular complexity index is 741. The molecule has 1 atom stereocenters. The summed E-state index contributed by atoms with van der Waals surface area (Å²) in [5.74, 6) is 0.188. The summed E-state index contributed by atoms with van der Waals surface area (Å²) in [6, 6.07) is 13.0. The fourth-order valence-corrected chi connectivity index (χ4v) is 2.68. The van der Waals surface area contributed by atoms with Crippen LogP contribution in [0.3, 0.4) is 0 Å². The zero-order chi connectivity index (χ0) is 18.4. The summed E-state index contributed by atoms with van der Waals surface area (Å²) in [5.41, 5.74) is 0. The molecular weight excluding hydrogens is 361 g/mol. The summed E-state index contributed by atoms with van der Waals surface area (Å²) in [4.78, 5) is 14.0. The van der Waals surface area contributed by atoms with Gasteiger partial charge in [-0.05, 0) is 36.4 Å². The van der Waals surface area contributed by atoms with Crippen LogP contribution in [0.5, 0.6) is 11.5 Å². The molecule has 0 radical (unpaired) electrons. The van der Waals surface area contributed by atoms with Crippen molar-refractivity contribution in [2.45, 2.75) is 6.10 Å². The third-order valence-electron chi connectivity index (χ3n) is 3.93. The number of ether oxygens (including phenoxy) is 3. The van der Waals surface area contributed by atoms with Gasteiger partial charge >= 0.3 is 0 Å². The van der Waals surface area contributed by atoms with Crippen LogP contribution in [0.25, 0.3) is 0 Å². The van der Waals surface area contributed by atoms with Crippen LogP contribution >= 0.6 is 11.6 Å². The second-order valence-electron chi connectivity index (χ2n) is 5.82. The maximum atomic E-state index is 13.6. The minimum absolute atomic E-state index is 0.0669. The van der Waals surface area contributed by atoms with Crippen molar-refractivity contribution in [1.29, 1.82) is 0 Å². The minimum atomic E-state index is -0.424. The average Bonchev–Trinajstić information content (AvgIpc) is 2.67. The number of hydrogen-bond acceptors (Lipinski definition) is 4. The van der Waals surface area contributed by atoms with Gasteiger partial charge in [0.1, 0.15) is 18.5 Å². The third-order valence-corrected chi connectivity index (χ3v) is 4.18. The van der Waals surface area contributed by atoms with E-state index in [1.165, 1.54) is 6.07 Å². The number of rotatable bonds is 6. The lowest BCUT2D eigenvalue weighted by atomic mass is 10.2.